The number of hydrogen-bond donors (Lipinski definition) is 1. The minimum atomic E-state index is -0.384. The predicted molar refractivity (Wildman–Crippen MR) is 104 cm³/mol. The molecule has 0 saturated heterocycles. The summed E-state index contributed by atoms with van der Waals surface area (Å²) in [5.74, 6) is 16.1. The van der Waals surface area contributed by atoms with Gasteiger partial charge in [-0.05, 0) is 120 Å². The van der Waals surface area contributed by atoms with E-state index >= 15 is 0 Å². The van der Waals surface area contributed by atoms with Gasteiger partial charge in [-0.2, -0.15) is 0 Å². The highest BCUT2D eigenvalue weighted by molar-refractivity contribution is 5.46. The molecular formula is C27H28O2. The van der Waals surface area contributed by atoms with Gasteiger partial charge in [0.1, 0.15) is 5.75 Å². The van der Waals surface area contributed by atoms with Crippen LogP contribution in [-0.2, 0) is 0 Å². The Morgan fingerprint density at radius 2 is 1.31 bits per heavy atom. The molecule has 1 aromatic carbocycles. The molecule has 0 bridgehead atoms. The third-order valence-corrected chi connectivity index (χ3v) is 14.3. The van der Waals surface area contributed by atoms with E-state index in [1.165, 1.54) is 12.8 Å². The lowest BCUT2D eigenvalue weighted by molar-refractivity contribution is -0.144. The second kappa shape index (κ2) is 3.61. The van der Waals surface area contributed by atoms with Gasteiger partial charge in [0.05, 0.1) is 12.2 Å². The Balaban J connectivity index is 1.21. The van der Waals surface area contributed by atoms with Crippen LogP contribution >= 0.6 is 0 Å². The van der Waals surface area contributed by atoms with Crippen molar-refractivity contribution >= 4 is 0 Å². The van der Waals surface area contributed by atoms with E-state index in [0.717, 1.165) is 95.2 Å². The van der Waals surface area contributed by atoms with Gasteiger partial charge in [-0.25, -0.2) is 0 Å². The summed E-state index contributed by atoms with van der Waals surface area (Å²) in [6.07, 6.45) is 2.80. The van der Waals surface area contributed by atoms with E-state index in [0.29, 0.717) is 11.8 Å². The van der Waals surface area contributed by atoms with Crippen molar-refractivity contribution in [3.05, 3.63) is 30.3 Å². The van der Waals surface area contributed by atoms with Crippen LogP contribution < -0.4 is 4.74 Å². The minimum Gasteiger partial charge on any atom is -0.493 e. The number of rotatable bonds is 3. The first-order valence-corrected chi connectivity index (χ1v) is 12.7. The number of para-hydroxylation sites is 1. The Morgan fingerprint density at radius 3 is 1.93 bits per heavy atom. The molecule has 10 saturated carbocycles. The van der Waals surface area contributed by atoms with Gasteiger partial charge in [-0.15, -0.1) is 0 Å². The summed E-state index contributed by atoms with van der Waals surface area (Å²) in [6, 6.07) is 10.5. The highest BCUT2D eigenvalue weighted by Crippen LogP contribution is 2.99. The van der Waals surface area contributed by atoms with E-state index in [1.807, 2.05) is 0 Å². The molecule has 10 aliphatic carbocycles. The lowest BCUT2D eigenvalue weighted by Gasteiger charge is -2.48. The van der Waals surface area contributed by atoms with Gasteiger partial charge in [0.25, 0.3) is 0 Å². The van der Waals surface area contributed by atoms with E-state index in [9.17, 15) is 5.11 Å². The van der Waals surface area contributed by atoms with Gasteiger partial charge in [0, 0.05) is 5.41 Å². The molecular weight excluding hydrogens is 356 g/mol. The highest BCUT2D eigenvalue weighted by Gasteiger charge is 2.99. The molecule has 148 valence electrons. The van der Waals surface area contributed by atoms with Crippen LogP contribution in [0.15, 0.2) is 30.3 Å². The SMILES string of the molecule is OC12[C@@H]3C[C@@H]4C5C6[C@@H]7[C@@H]4[C@@H]3[C@@H]3[C@@H]7[C@@H]4[C@@H]6[C@H]6[C@H]([C@H]4C31COc1ccccc1)[C@H]2C[C@@H]56. The molecule has 2 heteroatoms. The molecule has 0 amide bonds. The molecule has 0 heterocycles. The summed E-state index contributed by atoms with van der Waals surface area (Å²) in [7, 11) is 0. The maximum Gasteiger partial charge on any atom is 0.119 e. The third-order valence-electron chi connectivity index (χ3n) is 14.3. The van der Waals surface area contributed by atoms with Crippen molar-refractivity contribution in [2.45, 2.75) is 18.4 Å². The largest absolute Gasteiger partial charge is 0.493 e. The van der Waals surface area contributed by atoms with Gasteiger partial charge in [0.2, 0.25) is 0 Å². The Hall–Kier alpha value is -1.02. The molecule has 2 nitrogen and oxygen atoms in total. The third kappa shape index (κ3) is 0.938. The molecule has 11 rings (SSSR count). The minimum absolute atomic E-state index is 0.105. The molecule has 1 aromatic rings. The van der Waals surface area contributed by atoms with Crippen LogP contribution in [0, 0.1) is 100 Å². The summed E-state index contributed by atoms with van der Waals surface area (Å²) in [5.41, 5.74) is -0.279. The standard InChI is InChI=1S/C27H28O2/c28-27-12-6-10-14-11-7-13(27)18-16(11)21-19(14)20-15(10)17(12)24-22(20)23(21)25(18)26(24,27)8-29-9-4-2-1-3-5-9/h1-5,10-25,28H,6-8H2/t10-,11+,12-,13-,14?,15+,16-,17-,18-,19?,20+,21-,22+,23+,24-,25-,26?,27?/m1/s1. The summed E-state index contributed by atoms with van der Waals surface area (Å²) in [5, 5.41) is 12.9. The van der Waals surface area contributed by atoms with Gasteiger partial charge in [-0.3, -0.25) is 0 Å². The molecule has 0 spiro atoms. The molecule has 1 N–H and O–H groups in total. The molecule has 10 aliphatic rings. The molecule has 0 radical (unpaired) electrons. The maximum atomic E-state index is 12.9. The van der Waals surface area contributed by atoms with Gasteiger partial charge < -0.3 is 9.84 Å². The van der Waals surface area contributed by atoms with Crippen molar-refractivity contribution in [1.29, 1.82) is 0 Å². The molecule has 29 heavy (non-hydrogen) atoms. The molecule has 0 aliphatic heterocycles. The Bertz CT molecular complexity index is 972. The fraction of sp³-hybridized carbons (Fsp3) is 0.778. The van der Waals surface area contributed by atoms with Gasteiger partial charge in [0.15, 0.2) is 0 Å². The van der Waals surface area contributed by atoms with Crippen LogP contribution in [-0.4, -0.2) is 17.3 Å². The first-order chi connectivity index (χ1) is 14.3. The van der Waals surface area contributed by atoms with Gasteiger partial charge in [-0.1, -0.05) is 18.2 Å². The molecule has 0 aromatic heterocycles. The quantitative estimate of drug-likeness (QED) is 0.864. The number of aliphatic hydroxyl groups is 1. The van der Waals surface area contributed by atoms with E-state index in [4.69, 9.17) is 4.74 Å². The van der Waals surface area contributed by atoms with Crippen molar-refractivity contribution in [2.75, 3.05) is 6.61 Å². The van der Waals surface area contributed by atoms with Crippen molar-refractivity contribution in [2.24, 2.45) is 100 Å². The average molecular weight is 385 g/mol. The fourth-order valence-corrected chi connectivity index (χ4v) is 15.5. The maximum absolute atomic E-state index is 12.9. The Morgan fingerprint density at radius 1 is 0.724 bits per heavy atom. The number of fused-ring (bicyclic) bond motifs is 4. The van der Waals surface area contributed by atoms with E-state index in [1.54, 1.807) is 0 Å². The zero-order chi connectivity index (χ0) is 18.2. The van der Waals surface area contributed by atoms with Crippen LogP contribution in [0.2, 0.25) is 0 Å². The fourth-order valence-electron chi connectivity index (χ4n) is 15.5. The monoisotopic (exact) mass is 384 g/mol. The van der Waals surface area contributed by atoms with Crippen LogP contribution in [0.1, 0.15) is 12.8 Å². The van der Waals surface area contributed by atoms with Crippen molar-refractivity contribution in [3.8, 4) is 5.75 Å². The number of ether oxygens (including phenoxy) is 1. The zero-order valence-corrected chi connectivity index (χ0v) is 16.6. The summed E-state index contributed by atoms with van der Waals surface area (Å²) >= 11 is 0. The highest BCUT2D eigenvalue weighted by atomic mass is 16.5. The number of hydrogen-bond acceptors (Lipinski definition) is 2. The average Bonchev–Trinajstić information content (AvgIpc) is 3.50. The summed E-state index contributed by atoms with van der Waals surface area (Å²) < 4.78 is 6.64. The predicted octanol–water partition coefficient (Wildman–Crippen LogP) is 3.56. The van der Waals surface area contributed by atoms with E-state index in [-0.39, 0.29) is 11.0 Å². The van der Waals surface area contributed by atoms with Crippen LogP contribution in [0.5, 0.6) is 5.75 Å². The smallest absolute Gasteiger partial charge is 0.119 e. The normalized spacial score (nSPS) is 77.3. The second-order valence-electron chi connectivity index (χ2n) is 13.3. The summed E-state index contributed by atoms with van der Waals surface area (Å²) in [6.45, 7) is 0.818. The van der Waals surface area contributed by atoms with Gasteiger partial charge >= 0.3 is 0 Å². The van der Waals surface area contributed by atoms with Crippen LogP contribution in [0.4, 0.5) is 0 Å². The second-order valence-corrected chi connectivity index (χ2v) is 13.3. The first-order valence-electron chi connectivity index (χ1n) is 12.7. The van der Waals surface area contributed by atoms with Crippen LogP contribution in [0.3, 0.4) is 0 Å². The lowest BCUT2D eigenvalue weighted by Crippen LogP contribution is -2.55. The molecule has 18 atom stereocenters. The molecule has 10 fully saturated rings. The topological polar surface area (TPSA) is 29.5 Å². The van der Waals surface area contributed by atoms with E-state index in [2.05, 4.69) is 30.3 Å². The van der Waals surface area contributed by atoms with Crippen molar-refractivity contribution < 1.29 is 9.84 Å². The van der Waals surface area contributed by atoms with E-state index < -0.39 is 0 Å². The van der Waals surface area contributed by atoms with Crippen molar-refractivity contribution in [3.63, 3.8) is 0 Å². The first kappa shape index (κ1) is 14.1. The lowest BCUT2D eigenvalue weighted by atomic mass is 9.61. The van der Waals surface area contributed by atoms with Crippen LogP contribution in [0.25, 0.3) is 0 Å². The number of benzene rings is 1. The van der Waals surface area contributed by atoms with Crippen molar-refractivity contribution in [1.82, 2.24) is 0 Å². The Kier molecular flexibility index (Phi) is 1.76. The molecule has 4 unspecified atom stereocenters. The summed E-state index contributed by atoms with van der Waals surface area (Å²) in [4.78, 5) is 0. The zero-order valence-electron chi connectivity index (χ0n) is 16.6. The Labute approximate surface area is 171 Å².